The molecular formula is C20H26F2O2. The second kappa shape index (κ2) is 5.35. The summed E-state index contributed by atoms with van der Waals surface area (Å²) in [7, 11) is 0. The Labute approximate surface area is 142 Å². The number of allylic oxidation sites excluding steroid dienone is 5. The SMILES string of the molecule is C=CC[C@]1(C)C[C@@H](O)[C@]2(F)C(C[C@@H](F)C3=CC(=O)C=C[C@]32C)C1C. The first-order valence-electron chi connectivity index (χ1n) is 8.67. The second-order valence-corrected chi connectivity index (χ2v) is 8.27. The number of fused-ring (bicyclic) bond motifs is 3. The number of carbonyl (C=O) groups excluding carboxylic acids is 1. The Bertz CT molecular complexity index is 640. The molecule has 0 heterocycles. The third-order valence-electron chi connectivity index (χ3n) is 7.07. The highest BCUT2D eigenvalue weighted by Crippen LogP contribution is 2.65. The molecular weight excluding hydrogens is 310 g/mol. The number of aliphatic hydroxyl groups excluding tert-OH is 1. The second-order valence-electron chi connectivity index (χ2n) is 8.27. The maximum atomic E-state index is 16.4. The van der Waals surface area contributed by atoms with E-state index in [0.717, 1.165) is 0 Å². The van der Waals surface area contributed by atoms with E-state index in [2.05, 4.69) is 6.58 Å². The topological polar surface area (TPSA) is 37.3 Å². The molecule has 132 valence electrons. The van der Waals surface area contributed by atoms with Gasteiger partial charge in [0.25, 0.3) is 0 Å². The summed E-state index contributed by atoms with van der Waals surface area (Å²) in [5, 5.41) is 10.8. The van der Waals surface area contributed by atoms with Crippen molar-refractivity contribution in [2.45, 2.75) is 58.0 Å². The van der Waals surface area contributed by atoms with Crippen molar-refractivity contribution < 1.29 is 18.7 Å². The van der Waals surface area contributed by atoms with Crippen molar-refractivity contribution in [3.8, 4) is 0 Å². The van der Waals surface area contributed by atoms with Crippen LogP contribution in [-0.2, 0) is 4.79 Å². The van der Waals surface area contributed by atoms with Crippen molar-refractivity contribution in [2.24, 2.45) is 22.7 Å². The first-order chi connectivity index (χ1) is 11.1. The largest absolute Gasteiger partial charge is 0.390 e. The van der Waals surface area contributed by atoms with Crippen LogP contribution in [0, 0.1) is 22.7 Å². The monoisotopic (exact) mass is 336 g/mol. The molecule has 2 fully saturated rings. The number of rotatable bonds is 2. The summed E-state index contributed by atoms with van der Waals surface area (Å²) >= 11 is 0. The normalized spacial score (nSPS) is 50.8. The number of alkyl halides is 2. The van der Waals surface area contributed by atoms with Gasteiger partial charge in [-0.25, -0.2) is 8.78 Å². The predicted octanol–water partition coefficient (Wildman–Crippen LogP) is 4.11. The molecule has 4 heteroatoms. The summed E-state index contributed by atoms with van der Waals surface area (Å²) in [6, 6.07) is 0. The summed E-state index contributed by atoms with van der Waals surface area (Å²) in [5.74, 6) is -1.03. The molecule has 2 unspecified atom stereocenters. The molecule has 2 nitrogen and oxygen atoms in total. The molecule has 0 aliphatic heterocycles. The highest BCUT2D eigenvalue weighted by molar-refractivity contribution is 6.01. The molecule has 0 bridgehead atoms. The molecule has 24 heavy (non-hydrogen) atoms. The molecule has 0 aromatic carbocycles. The maximum absolute atomic E-state index is 16.4. The number of aliphatic hydroxyl groups is 1. The Hall–Kier alpha value is -1.29. The Morgan fingerprint density at radius 1 is 1.46 bits per heavy atom. The van der Waals surface area contributed by atoms with Crippen LogP contribution in [0.25, 0.3) is 0 Å². The van der Waals surface area contributed by atoms with Crippen molar-refractivity contribution in [2.75, 3.05) is 0 Å². The van der Waals surface area contributed by atoms with Gasteiger partial charge in [0.05, 0.1) is 6.10 Å². The van der Waals surface area contributed by atoms with Gasteiger partial charge in [0.15, 0.2) is 11.5 Å². The minimum absolute atomic E-state index is 0.00397. The number of hydrogen-bond donors (Lipinski definition) is 1. The van der Waals surface area contributed by atoms with Crippen molar-refractivity contribution in [1.29, 1.82) is 0 Å². The summed E-state index contributed by atoms with van der Waals surface area (Å²) in [5.41, 5.74) is -3.40. The van der Waals surface area contributed by atoms with Crippen molar-refractivity contribution in [3.05, 3.63) is 36.5 Å². The Balaban J connectivity index is 2.13. The van der Waals surface area contributed by atoms with Crippen LogP contribution in [0.4, 0.5) is 8.78 Å². The number of halogens is 2. The van der Waals surface area contributed by atoms with Crippen LogP contribution >= 0.6 is 0 Å². The van der Waals surface area contributed by atoms with E-state index in [1.54, 1.807) is 13.0 Å². The van der Waals surface area contributed by atoms with Crippen LogP contribution in [0.3, 0.4) is 0 Å². The van der Waals surface area contributed by atoms with Gasteiger partial charge in [-0.3, -0.25) is 4.79 Å². The van der Waals surface area contributed by atoms with Crippen LogP contribution in [0.5, 0.6) is 0 Å². The lowest BCUT2D eigenvalue weighted by Gasteiger charge is -2.62. The zero-order chi connectivity index (χ0) is 17.9. The minimum atomic E-state index is -1.97. The van der Waals surface area contributed by atoms with E-state index in [1.807, 2.05) is 13.8 Å². The van der Waals surface area contributed by atoms with Crippen LogP contribution < -0.4 is 0 Å². The van der Waals surface area contributed by atoms with Crippen molar-refractivity contribution in [1.82, 2.24) is 0 Å². The molecule has 0 saturated heterocycles. The standard InChI is InChI=1S/C20H26F2O2/c1-5-7-18(3)11-17(24)20(22)14(12(18)2)10-16(21)15-9-13(23)6-8-19(15,20)4/h5-6,8-9,12,14,16-17,24H,1,7,10-11H2,2-4H3/t12?,14?,16-,17-,18-,19-,20-/m1/s1. The summed E-state index contributed by atoms with van der Waals surface area (Å²) in [6.07, 6.45) is 4.17. The summed E-state index contributed by atoms with van der Waals surface area (Å²) in [4.78, 5) is 11.7. The van der Waals surface area contributed by atoms with E-state index < -0.39 is 29.3 Å². The highest BCUT2D eigenvalue weighted by atomic mass is 19.1. The maximum Gasteiger partial charge on any atom is 0.178 e. The summed E-state index contributed by atoms with van der Waals surface area (Å²) < 4.78 is 31.3. The average Bonchev–Trinajstić information content (AvgIpc) is 2.51. The Morgan fingerprint density at radius 3 is 2.75 bits per heavy atom. The third kappa shape index (κ3) is 2.05. The molecule has 7 atom stereocenters. The number of hydrogen-bond acceptors (Lipinski definition) is 2. The molecule has 0 amide bonds. The van der Waals surface area contributed by atoms with Crippen LogP contribution in [0.2, 0.25) is 0 Å². The van der Waals surface area contributed by atoms with Crippen LogP contribution in [-0.4, -0.2) is 28.8 Å². The van der Waals surface area contributed by atoms with E-state index in [9.17, 15) is 14.3 Å². The highest BCUT2D eigenvalue weighted by Gasteiger charge is 2.69. The first kappa shape index (κ1) is 17.5. The Kier molecular flexibility index (Phi) is 3.91. The van der Waals surface area contributed by atoms with Gasteiger partial charge < -0.3 is 5.11 Å². The van der Waals surface area contributed by atoms with Gasteiger partial charge in [0.1, 0.15) is 6.17 Å². The molecule has 2 saturated carbocycles. The molecule has 3 rings (SSSR count). The van der Waals surface area contributed by atoms with Gasteiger partial charge in [0, 0.05) is 11.3 Å². The minimum Gasteiger partial charge on any atom is -0.390 e. The van der Waals surface area contributed by atoms with Crippen molar-refractivity contribution >= 4 is 5.78 Å². The summed E-state index contributed by atoms with van der Waals surface area (Å²) in [6.45, 7) is 9.37. The van der Waals surface area contributed by atoms with E-state index in [0.29, 0.717) is 12.8 Å². The first-order valence-corrected chi connectivity index (χ1v) is 8.67. The average molecular weight is 336 g/mol. The number of carbonyl (C=O) groups is 1. The molecule has 1 N–H and O–H groups in total. The predicted molar refractivity (Wildman–Crippen MR) is 89.9 cm³/mol. The van der Waals surface area contributed by atoms with Gasteiger partial charge >= 0.3 is 0 Å². The third-order valence-corrected chi connectivity index (χ3v) is 7.07. The smallest absolute Gasteiger partial charge is 0.178 e. The van der Waals surface area contributed by atoms with E-state index in [4.69, 9.17) is 0 Å². The van der Waals surface area contributed by atoms with Crippen molar-refractivity contribution in [3.63, 3.8) is 0 Å². The lowest BCUT2D eigenvalue weighted by Crippen LogP contribution is -2.67. The molecule has 3 aliphatic carbocycles. The molecule has 3 aliphatic rings. The quantitative estimate of drug-likeness (QED) is 0.771. The fraction of sp³-hybridized carbons (Fsp3) is 0.650. The van der Waals surface area contributed by atoms with E-state index >= 15 is 4.39 Å². The lowest BCUT2D eigenvalue weighted by molar-refractivity contribution is -0.198. The van der Waals surface area contributed by atoms with Crippen LogP contribution in [0.1, 0.15) is 40.0 Å². The number of ketones is 1. The van der Waals surface area contributed by atoms with Gasteiger partial charge in [-0.1, -0.05) is 26.0 Å². The van der Waals surface area contributed by atoms with Gasteiger partial charge in [-0.2, -0.15) is 0 Å². The fourth-order valence-electron chi connectivity index (χ4n) is 5.39. The van der Waals surface area contributed by atoms with Gasteiger partial charge in [-0.15, -0.1) is 6.58 Å². The zero-order valence-corrected chi connectivity index (χ0v) is 14.6. The fourth-order valence-corrected chi connectivity index (χ4v) is 5.39. The lowest BCUT2D eigenvalue weighted by atomic mass is 9.45. The van der Waals surface area contributed by atoms with E-state index in [-0.39, 0.29) is 29.1 Å². The van der Waals surface area contributed by atoms with E-state index in [1.165, 1.54) is 18.2 Å². The molecule has 0 spiro atoms. The zero-order valence-electron chi connectivity index (χ0n) is 14.6. The molecule has 0 aromatic rings. The molecule has 0 aromatic heterocycles. The van der Waals surface area contributed by atoms with Gasteiger partial charge in [0.2, 0.25) is 0 Å². The Morgan fingerprint density at radius 2 is 2.12 bits per heavy atom. The molecule has 0 radical (unpaired) electrons. The van der Waals surface area contributed by atoms with Crippen LogP contribution in [0.15, 0.2) is 36.5 Å². The van der Waals surface area contributed by atoms with Gasteiger partial charge in [-0.05, 0) is 55.2 Å².